The van der Waals surface area contributed by atoms with Crippen LogP contribution in [0.5, 0.6) is 0 Å². The minimum Gasteiger partial charge on any atom is -0.379 e. The second-order valence-corrected chi connectivity index (χ2v) is 8.15. The highest BCUT2D eigenvalue weighted by Gasteiger charge is 2.02. The molecule has 1 heterocycles. The highest BCUT2D eigenvalue weighted by Crippen LogP contribution is 2.16. The molecule has 0 aromatic carbocycles. The molecule has 0 saturated carbocycles. The highest BCUT2D eigenvalue weighted by atomic mass is 127. The molecule has 0 atom stereocenters. The molecule has 6 nitrogen and oxygen atoms in total. The van der Waals surface area contributed by atoms with E-state index in [0.29, 0.717) is 19.7 Å². The van der Waals surface area contributed by atoms with Crippen LogP contribution in [0.15, 0.2) is 16.4 Å². The fourth-order valence-corrected chi connectivity index (χ4v) is 2.86. The van der Waals surface area contributed by atoms with Crippen molar-refractivity contribution in [1.82, 2.24) is 10.6 Å². The molecular formula is C14H26IN3O3S2. The van der Waals surface area contributed by atoms with Crippen molar-refractivity contribution in [2.75, 3.05) is 38.3 Å². The van der Waals surface area contributed by atoms with Crippen molar-refractivity contribution in [2.45, 2.75) is 20.4 Å². The van der Waals surface area contributed by atoms with Crippen LogP contribution in [0.3, 0.4) is 0 Å². The third-order valence-corrected chi connectivity index (χ3v) is 4.75. The Morgan fingerprint density at radius 3 is 2.65 bits per heavy atom. The first-order valence-electron chi connectivity index (χ1n) is 7.23. The van der Waals surface area contributed by atoms with Gasteiger partial charge >= 0.3 is 0 Å². The van der Waals surface area contributed by atoms with Gasteiger partial charge in [-0.25, -0.2) is 13.4 Å². The summed E-state index contributed by atoms with van der Waals surface area (Å²) in [4.78, 5) is 5.78. The summed E-state index contributed by atoms with van der Waals surface area (Å²) in [6, 6.07) is 2.09. The van der Waals surface area contributed by atoms with Crippen LogP contribution in [0.2, 0.25) is 0 Å². The maximum Gasteiger partial charge on any atom is 0.191 e. The van der Waals surface area contributed by atoms with E-state index in [-0.39, 0.29) is 36.3 Å². The first-order chi connectivity index (χ1) is 10.4. The van der Waals surface area contributed by atoms with Crippen LogP contribution < -0.4 is 10.6 Å². The molecule has 0 aliphatic rings. The number of hydrogen-bond donors (Lipinski definition) is 2. The Morgan fingerprint density at radius 2 is 2.09 bits per heavy atom. The molecule has 0 radical (unpaired) electrons. The average molecular weight is 475 g/mol. The maximum atomic E-state index is 11.0. The number of ether oxygens (including phenoxy) is 1. The number of hydrogen-bond acceptors (Lipinski definition) is 5. The zero-order valence-corrected chi connectivity index (χ0v) is 17.8. The van der Waals surface area contributed by atoms with Crippen LogP contribution in [0.4, 0.5) is 0 Å². The van der Waals surface area contributed by atoms with Gasteiger partial charge in [0.1, 0.15) is 9.84 Å². The van der Waals surface area contributed by atoms with Gasteiger partial charge in [-0.15, -0.1) is 35.3 Å². The molecule has 2 N–H and O–H groups in total. The number of rotatable bonds is 9. The first kappa shape index (κ1) is 22.6. The molecule has 1 aromatic heterocycles. The van der Waals surface area contributed by atoms with Gasteiger partial charge in [0.25, 0.3) is 0 Å². The predicted molar refractivity (Wildman–Crippen MR) is 108 cm³/mol. The van der Waals surface area contributed by atoms with E-state index in [1.165, 1.54) is 16.7 Å². The van der Waals surface area contributed by atoms with E-state index in [4.69, 9.17) is 4.74 Å². The monoisotopic (exact) mass is 475 g/mol. The third kappa shape index (κ3) is 10.9. The van der Waals surface area contributed by atoms with Crippen LogP contribution in [0, 0.1) is 6.92 Å². The SMILES string of the molecule is CCNC(=NCc1sccc1C)NCCOCCS(C)(=O)=O.I. The molecule has 1 rings (SSSR count). The Balaban J connectivity index is 0.00000484. The van der Waals surface area contributed by atoms with Crippen LogP contribution >= 0.6 is 35.3 Å². The first-order valence-corrected chi connectivity index (χ1v) is 10.2. The topological polar surface area (TPSA) is 79.8 Å². The van der Waals surface area contributed by atoms with Gasteiger partial charge in [-0.3, -0.25) is 0 Å². The molecule has 0 saturated heterocycles. The molecule has 0 bridgehead atoms. The van der Waals surface area contributed by atoms with Gasteiger partial charge in [-0.1, -0.05) is 0 Å². The Labute approximate surface area is 160 Å². The van der Waals surface area contributed by atoms with Crippen molar-refractivity contribution in [3.63, 3.8) is 0 Å². The zero-order chi connectivity index (χ0) is 16.4. The van der Waals surface area contributed by atoms with E-state index in [0.717, 1.165) is 12.5 Å². The third-order valence-electron chi connectivity index (χ3n) is 2.83. The summed E-state index contributed by atoms with van der Waals surface area (Å²) < 4.78 is 27.2. The quantitative estimate of drug-likeness (QED) is 0.247. The number of sulfone groups is 1. The second-order valence-electron chi connectivity index (χ2n) is 4.89. The molecule has 0 unspecified atom stereocenters. The fraction of sp³-hybridized carbons (Fsp3) is 0.643. The standard InChI is InChI=1S/C14H25N3O3S2.HI/c1-4-15-14(17-11-13-12(2)5-9-21-13)16-6-7-20-8-10-22(3,18)19;/h5,9H,4,6-8,10-11H2,1-3H3,(H2,15,16,17);1H. The van der Waals surface area contributed by atoms with Gasteiger partial charge in [-0.2, -0.15) is 0 Å². The van der Waals surface area contributed by atoms with Crippen molar-refractivity contribution in [2.24, 2.45) is 4.99 Å². The Kier molecular flexibility index (Phi) is 11.8. The van der Waals surface area contributed by atoms with Gasteiger partial charge in [0.05, 0.1) is 25.5 Å². The van der Waals surface area contributed by atoms with E-state index in [1.807, 2.05) is 6.92 Å². The van der Waals surface area contributed by atoms with Crippen LogP contribution in [0.1, 0.15) is 17.4 Å². The maximum absolute atomic E-state index is 11.0. The molecule has 134 valence electrons. The van der Waals surface area contributed by atoms with Crippen LogP contribution in [0.25, 0.3) is 0 Å². The number of guanidine groups is 1. The molecule has 0 fully saturated rings. The fourth-order valence-electron chi connectivity index (χ4n) is 1.61. The number of halogens is 1. The molecule has 0 aliphatic heterocycles. The van der Waals surface area contributed by atoms with Crippen LogP contribution in [-0.2, 0) is 21.1 Å². The molecule has 23 heavy (non-hydrogen) atoms. The molecule has 1 aromatic rings. The molecular weight excluding hydrogens is 449 g/mol. The zero-order valence-electron chi connectivity index (χ0n) is 13.8. The highest BCUT2D eigenvalue weighted by molar-refractivity contribution is 14.0. The summed E-state index contributed by atoms with van der Waals surface area (Å²) in [5.74, 6) is 0.792. The lowest BCUT2D eigenvalue weighted by Gasteiger charge is -2.11. The minimum atomic E-state index is -2.95. The van der Waals surface area contributed by atoms with E-state index >= 15 is 0 Å². The van der Waals surface area contributed by atoms with Crippen LogP contribution in [-0.4, -0.2) is 52.7 Å². The Hall–Kier alpha value is -0.390. The largest absolute Gasteiger partial charge is 0.379 e. The van der Waals surface area contributed by atoms with Crippen molar-refractivity contribution in [3.05, 3.63) is 21.9 Å². The normalized spacial score (nSPS) is 11.9. The van der Waals surface area contributed by atoms with Crippen molar-refractivity contribution in [1.29, 1.82) is 0 Å². The smallest absolute Gasteiger partial charge is 0.191 e. The summed E-state index contributed by atoms with van der Waals surface area (Å²) in [6.07, 6.45) is 1.21. The number of thiophene rings is 1. The van der Waals surface area contributed by atoms with E-state index in [9.17, 15) is 8.42 Å². The second kappa shape index (κ2) is 12.0. The number of aliphatic imine (C=N–C) groups is 1. The Bertz CT molecular complexity index is 574. The lowest BCUT2D eigenvalue weighted by atomic mass is 10.3. The van der Waals surface area contributed by atoms with Gasteiger partial charge in [0.15, 0.2) is 5.96 Å². The van der Waals surface area contributed by atoms with Gasteiger partial charge < -0.3 is 15.4 Å². The van der Waals surface area contributed by atoms with E-state index < -0.39 is 9.84 Å². The summed E-state index contributed by atoms with van der Waals surface area (Å²) >= 11 is 1.70. The molecule has 0 spiro atoms. The summed E-state index contributed by atoms with van der Waals surface area (Å²) in [7, 11) is -2.95. The summed E-state index contributed by atoms with van der Waals surface area (Å²) in [5.41, 5.74) is 1.26. The van der Waals surface area contributed by atoms with Gasteiger partial charge in [0, 0.05) is 24.2 Å². The predicted octanol–water partition coefficient (Wildman–Crippen LogP) is 1.79. The lowest BCUT2D eigenvalue weighted by molar-refractivity contribution is 0.154. The minimum absolute atomic E-state index is 0. The summed E-state index contributed by atoms with van der Waals surface area (Å²) in [6.45, 7) is 6.77. The van der Waals surface area contributed by atoms with Crippen molar-refractivity contribution < 1.29 is 13.2 Å². The lowest BCUT2D eigenvalue weighted by Crippen LogP contribution is -2.39. The number of nitrogens with zero attached hydrogens (tertiary/aromatic N) is 1. The average Bonchev–Trinajstić information content (AvgIpc) is 2.84. The molecule has 0 amide bonds. The van der Waals surface area contributed by atoms with Gasteiger partial charge in [-0.05, 0) is 30.9 Å². The van der Waals surface area contributed by atoms with Crippen molar-refractivity contribution >= 4 is 51.1 Å². The van der Waals surface area contributed by atoms with E-state index in [2.05, 4.69) is 34.0 Å². The van der Waals surface area contributed by atoms with Crippen molar-refractivity contribution in [3.8, 4) is 0 Å². The molecule has 9 heteroatoms. The van der Waals surface area contributed by atoms with E-state index in [1.54, 1.807) is 11.3 Å². The Morgan fingerprint density at radius 1 is 1.35 bits per heavy atom. The number of aryl methyl sites for hydroxylation is 1. The van der Waals surface area contributed by atoms with Gasteiger partial charge in [0.2, 0.25) is 0 Å². The summed E-state index contributed by atoms with van der Waals surface area (Å²) in [5, 5.41) is 8.41. The number of nitrogens with one attached hydrogen (secondary N) is 2. The molecule has 0 aliphatic carbocycles.